The standard InChI is InChI=1S/C11H17N3OS/c1-2-13-7-16-10-12-8-5-3-4-6-9(8)14(10)11(13)15/h8-9H,2-7H2,1H3/t8-,9-/m1/s1. The highest BCUT2D eigenvalue weighted by Crippen LogP contribution is 2.36. The molecule has 2 amide bonds. The van der Waals surface area contributed by atoms with Gasteiger partial charge in [-0.2, -0.15) is 0 Å². The molecule has 1 aliphatic carbocycles. The van der Waals surface area contributed by atoms with E-state index in [1.165, 1.54) is 12.8 Å². The van der Waals surface area contributed by atoms with Crippen LogP contribution in [-0.2, 0) is 0 Å². The van der Waals surface area contributed by atoms with Crippen LogP contribution < -0.4 is 0 Å². The van der Waals surface area contributed by atoms with Crippen LogP contribution in [0.1, 0.15) is 32.6 Å². The number of amides is 2. The summed E-state index contributed by atoms with van der Waals surface area (Å²) in [5.41, 5.74) is 0. The van der Waals surface area contributed by atoms with Crippen molar-refractivity contribution in [2.24, 2.45) is 4.99 Å². The maximum atomic E-state index is 12.3. The van der Waals surface area contributed by atoms with Gasteiger partial charge in [-0.15, -0.1) is 0 Å². The average Bonchev–Trinajstić information content (AvgIpc) is 2.68. The van der Waals surface area contributed by atoms with Gasteiger partial charge in [-0.25, -0.2) is 4.79 Å². The second kappa shape index (κ2) is 3.95. The minimum Gasteiger partial charge on any atom is -0.315 e. The fraction of sp³-hybridized carbons (Fsp3) is 0.818. The number of hydrogen-bond acceptors (Lipinski definition) is 3. The van der Waals surface area contributed by atoms with Crippen molar-refractivity contribution in [2.45, 2.75) is 44.7 Å². The molecule has 0 aromatic heterocycles. The van der Waals surface area contributed by atoms with Gasteiger partial charge in [-0.05, 0) is 19.8 Å². The van der Waals surface area contributed by atoms with Gasteiger partial charge in [0.05, 0.1) is 18.0 Å². The van der Waals surface area contributed by atoms with Crippen LogP contribution in [0.3, 0.4) is 0 Å². The third-order valence-electron chi connectivity index (χ3n) is 3.72. The first-order valence-corrected chi connectivity index (χ1v) is 7.08. The summed E-state index contributed by atoms with van der Waals surface area (Å²) in [7, 11) is 0. The van der Waals surface area contributed by atoms with Crippen molar-refractivity contribution in [2.75, 3.05) is 12.4 Å². The molecule has 0 N–H and O–H groups in total. The first kappa shape index (κ1) is 10.4. The fourth-order valence-electron chi connectivity index (χ4n) is 2.79. The van der Waals surface area contributed by atoms with E-state index in [9.17, 15) is 4.79 Å². The topological polar surface area (TPSA) is 35.9 Å². The molecule has 3 aliphatic rings. The van der Waals surface area contributed by atoms with Gasteiger partial charge in [0.1, 0.15) is 0 Å². The van der Waals surface area contributed by atoms with Crippen LogP contribution in [0.15, 0.2) is 4.99 Å². The molecule has 2 aliphatic heterocycles. The van der Waals surface area contributed by atoms with Crippen molar-refractivity contribution in [3.8, 4) is 0 Å². The normalized spacial score (nSPS) is 33.6. The monoisotopic (exact) mass is 239 g/mol. The molecule has 0 aromatic carbocycles. The van der Waals surface area contributed by atoms with Crippen LogP contribution in [-0.4, -0.2) is 45.5 Å². The van der Waals surface area contributed by atoms with Crippen LogP contribution in [0.25, 0.3) is 0 Å². The number of hydrogen-bond donors (Lipinski definition) is 0. The van der Waals surface area contributed by atoms with E-state index in [-0.39, 0.29) is 6.03 Å². The summed E-state index contributed by atoms with van der Waals surface area (Å²) < 4.78 is 0. The van der Waals surface area contributed by atoms with Gasteiger partial charge in [0, 0.05) is 6.54 Å². The molecule has 1 saturated heterocycles. The Morgan fingerprint density at radius 3 is 3.06 bits per heavy atom. The number of amidine groups is 1. The quantitative estimate of drug-likeness (QED) is 0.702. The van der Waals surface area contributed by atoms with E-state index in [0.717, 1.165) is 30.4 Å². The fourth-order valence-corrected chi connectivity index (χ4v) is 3.92. The van der Waals surface area contributed by atoms with Gasteiger partial charge in [0.25, 0.3) is 0 Å². The molecule has 16 heavy (non-hydrogen) atoms. The van der Waals surface area contributed by atoms with Gasteiger partial charge in [0.2, 0.25) is 0 Å². The highest BCUT2D eigenvalue weighted by atomic mass is 32.2. The molecule has 88 valence electrons. The molecule has 4 nitrogen and oxygen atoms in total. The number of carbonyl (C=O) groups excluding carboxylic acids is 1. The lowest BCUT2D eigenvalue weighted by Gasteiger charge is -2.37. The van der Waals surface area contributed by atoms with Crippen molar-refractivity contribution in [1.82, 2.24) is 9.80 Å². The largest absolute Gasteiger partial charge is 0.327 e. The van der Waals surface area contributed by atoms with Crippen molar-refractivity contribution >= 4 is 23.0 Å². The number of nitrogens with zero attached hydrogens (tertiary/aromatic N) is 3. The van der Waals surface area contributed by atoms with Gasteiger partial charge >= 0.3 is 6.03 Å². The number of thioether (sulfide) groups is 1. The van der Waals surface area contributed by atoms with Crippen molar-refractivity contribution < 1.29 is 4.79 Å². The lowest BCUT2D eigenvalue weighted by molar-refractivity contribution is 0.164. The van der Waals surface area contributed by atoms with E-state index in [1.54, 1.807) is 11.8 Å². The van der Waals surface area contributed by atoms with Crippen LogP contribution in [0.4, 0.5) is 4.79 Å². The van der Waals surface area contributed by atoms with Crippen LogP contribution >= 0.6 is 11.8 Å². The number of carbonyl (C=O) groups is 1. The van der Waals surface area contributed by atoms with Crippen LogP contribution in [0.5, 0.6) is 0 Å². The van der Waals surface area contributed by atoms with Gasteiger partial charge in [-0.1, -0.05) is 24.6 Å². The Bertz CT molecular complexity index is 344. The van der Waals surface area contributed by atoms with Gasteiger partial charge in [0.15, 0.2) is 5.17 Å². The molecular weight excluding hydrogens is 222 g/mol. The van der Waals surface area contributed by atoms with E-state index in [0.29, 0.717) is 12.1 Å². The van der Waals surface area contributed by atoms with E-state index >= 15 is 0 Å². The SMILES string of the molecule is CCN1CSC2=N[C@@H]3CCCC[C@H]3N2C1=O. The predicted octanol–water partition coefficient (Wildman–Crippen LogP) is 2.12. The predicted molar refractivity (Wildman–Crippen MR) is 65.6 cm³/mol. The molecule has 2 atom stereocenters. The first-order chi connectivity index (χ1) is 7.81. The summed E-state index contributed by atoms with van der Waals surface area (Å²) in [6.07, 6.45) is 4.79. The molecule has 0 bridgehead atoms. The summed E-state index contributed by atoms with van der Waals surface area (Å²) in [5, 5.41) is 0.978. The molecule has 1 saturated carbocycles. The highest BCUT2D eigenvalue weighted by Gasteiger charge is 2.44. The average molecular weight is 239 g/mol. The second-order valence-electron chi connectivity index (χ2n) is 4.61. The van der Waals surface area contributed by atoms with Crippen molar-refractivity contribution in [3.63, 3.8) is 0 Å². The molecule has 2 fully saturated rings. The second-order valence-corrected chi connectivity index (χ2v) is 5.52. The zero-order chi connectivity index (χ0) is 11.1. The molecule has 5 heteroatoms. The molecule has 3 rings (SSSR count). The van der Waals surface area contributed by atoms with E-state index in [2.05, 4.69) is 0 Å². The van der Waals surface area contributed by atoms with Crippen LogP contribution in [0.2, 0.25) is 0 Å². The minimum atomic E-state index is 0.175. The Morgan fingerprint density at radius 1 is 1.44 bits per heavy atom. The summed E-state index contributed by atoms with van der Waals surface area (Å²) in [5.74, 6) is 0.768. The summed E-state index contributed by atoms with van der Waals surface area (Å²) >= 11 is 1.72. The third-order valence-corrected chi connectivity index (χ3v) is 4.72. The Hall–Kier alpha value is -0.710. The summed E-state index contributed by atoms with van der Waals surface area (Å²) in [6, 6.07) is 0.921. The minimum absolute atomic E-state index is 0.175. The number of fused-ring (bicyclic) bond motifs is 3. The first-order valence-electron chi connectivity index (χ1n) is 6.10. The summed E-state index contributed by atoms with van der Waals surface area (Å²) in [4.78, 5) is 20.8. The number of rotatable bonds is 1. The Labute approximate surface area is 100 Å². The van der Waals surface area contributed by atoms with Crippen molar-refractivity contribution in [1.29, 1.82) is 0 Å². The van der Waals surface area contributed by atoms with Gasteiger partial charge in [-0.3, -0.25) is 9.89 Å². The zero-order valence-corrected chi connectivity index (χ0v) is 10.4. The lowest BCUT2D eigenvalue weighted by Crippen LogP contribution is -2.53. The highest BCUT2D eigenvalue weighted by molar-refractivity contribution is 8.13. The smallest absolute Gasteiger partial charge is 0.315 e. The maximum Gasteiger partial charge on any atom is 0.327 e. The Kier molecular flexibility index (Phi) is 2.58. The molecule has 0 unspecified atom stereocenters. The van der Waals surface area contributed by atoms with Gasteiger partial charge < -0.3 is 4.90 Å². The Balaban J connectivity index is 1.86. The molecular formula is C11H17N3OS. The maximum absolute atomic E-state index is 12.3. The van der Waals surface area contributed by atoms with E-state index in [1.807, 2.05) is 16.7 Å². The number of urea groups is 1. The van der Waals surface area contributed by atoms with E-state index < -0.39 is 0 Å². The molecule has 0 aromatic rings. The molecule has 2 heterocycles. The van der Waals surface area contributed by atoms with Crippen molar-refractivity contribution in [3.05, 3.63) is 0 Å². The molecule has 0 spiro atoms. The van der Waals surface area contributed by atoms with E-state index in [4.69, 9.17) is 4.99 Å². The van der Waals surface area contributed by atoms with Crippen LogP contribution in [0, 0.1) is 0 Å². The summed E-state index contributed by atoms with van der Waals surface area (Å²) in [6.45, 7) is 2.84. The molecule has 0 radical (unpaired) electrons. The Morgan fingerprint density at radius 2 is 2.25 bits per heavy atom. The third kappa shape index (κ3) is 1.44. The number of aliphatic imine (C=N–C) groups is 1. The lowest BCUT2D eigenvalue weighted by atomic mass is 9.91. The zero-order valence-electron chi connectivity index (χ0n) is 9.56.